The fourth-order valence-corrected chi connectivity index (χ4v) is 1.69. The molecule has 0 aromatic rings. The van der Waals surface area contributed by atoms with Crippen molar-refractivity contribution in [2.75, 3.05) is 0 Å². The third-order valence-electron chi connectivity index (χ3n) is 2.34. The average molecular weight is 162 g/mol. The quantitative estimate of drug-likeness (QED) is 0.622. The molecule has 1 N–H and O–H groups in total. The lowest BCUT2D eigenvalue weighted by Gasteiger charge is -2.26. The van der Waals surface area contributed by atoms with Crippen molar-refractivity contribution in [3.63, 3.8) is 0 Å². The van der Waals surface area contributed by atoms with Crippen molar-refractivity contribution in [1.29, 1.82) is 0 Å². The van der Waals surface area contributed by atoms with Gasteiger partial charge in [-0.1, -0.05) is 24.3 Å². The molecule has 0 bridgehead atoms. The van der Waals surface area contributed by atoms with E-state index in [9.17, 15) is 0 Å². The van der Waals surface area contributed by atoms with Crippen LogP contribution in [0.4, 0.5) is 0 Å². The monoisotopic (exact) mass is 162 g/mol. The smallest absolute Gasteiger partial charge is 0.144 e. The molecule has 0 spiro atoms. The molecule has 2 unspecified atom stereocenters. The van der Waals surface area contributed by atoms with Crippen molar-refractivity contribution < 1.29 is 0 Å². The summed E-state index contributed by atoms with van der Waals surface area (Å²) in [6.07, 6.45) is 8.59. The van der Waals surface area contributed by atoms with Crippen LogP contribution < -0.4 is 5.32 Å². The minimum absolute atomic E-state index is 0.428. The molecule has 1 fully saturated rings. The molecule has 2 atom stereocenters. The third-order valence-corrected chi connectivity index (χ3v) is 2.34. The second-order valence-corrected chi connectivity index (χ2v) is 3.54. The van der Waals surface area contributed by atoms with Crippen LogP contribution in [0.1, 0.15) is 13.8 Å². The topological polar surface area (TPSA) is 15.3 Å². The van der Waals surface area contributed by atoms with Gasteiger partial charge >= 0.3 is 0 Å². The largest absolute Gasteiger partial charge is 0.285 e. The lowest BCUT2D eigenvalue weighted by molar-refractivity contribution is 0.266. The van der Waals surface area contributed by atoms with Crippen molar-refractivity contribution >= 4 is 0 Å². The molecular formula is C10H14N2. The molecule has 12 heavy (non-hydrogen) atoms. The highest BCUT2D eigenvalue weighted by atomic mass is 15.3. The first-order valence-electron chi connectivity index (χ1n) is 4.43. The predicted octanol–water partition coefficient (Wildman–Crippen LogP) is 1.16. The molecule has 1 saturated heterocycles. The highest BCUT2D eigenvalue weighted by molar-refractivity contribution is 5.24. The van der Waals surface area contributed by atoms with Crippen LogP contribution in [0.25, 0.3) is 0 Å². The molecule has 2 nitrogen and oxygen atoms in total. The van der Waals surface area contributed by atoms with Gasteiger partial charge in [0, 0.05) is 18.1 Å². The molecular weight excluding hydrogens is 148 g/mol. The second kappa shape index (κ2) is 3.04. The summed E-state index contributed by atoms with van der Waals surface area (Å²) in [5.74, 6) is 0. The number of fused-ring (bicyclic) bond motifs is 1. The number of nitrogens with one attached hydrogen (secondary N) is 1. The molecule has 1 heterocycles. The predicted molar refractivity (Wildman–Crippen MR) is 49.2 cm³/mol. The van der Waals surface area contributed by atoms with Crippen LogP contribution in [0.5, 0.6) is 0 Å². The van der Waals surface area contributed by atoms with Crippen LogP contribution in [-0.4, -0.2) is 23.0 Å². The summed E-state index contributed by atoms with van der Waals surface area (Å²) in [7, 11) is 0. The van der Waals surface area contributed by atoms with Gasteiger partial charge in [-0.25, -0.2) is 0 Å². The molecule has 64 valence electrons. The van der Waals surface area contributed by atoms with Gasteiger partial charge < -0.3 is 0 Å². The molecule has 0 aromatic carbocycles. The van der Waals surface area contributed by atoms with Crippen LogP contribution in [0.3, 0.4) is 0 Å². The molecule has 2 aliphatic rings. The molecule has 2 rings (SSSR count). The minimum atomic E-state index is 0.428. The number of hydrogen-bond donors (Lipinski definition) is 1. The van der Waals surface area contributed by atoms with E-state index >= 15 is 0 Å². The van der Waals surface area contributed by atoms with Gasteiger partial charge in [0.15, 0.2) is 0 Å². The summed E-state index contributed by atoms with van der Waals surface area (Å²) in [5, 5.41) is 3.23. The standard InChI is InChI=1S/C10H14N2/c1-8(2)12-7-11-9-5-3-4-6-10(9)12/h3-6,8-11H,1-2H3. The molecule has 1 aliphatic heterocycles. The number of nitrogens with zero attached hydrogens (tertiary/aromatic N) is 1. The van der Waals surface area contributed by atoms with Gasteiger partial charge in [-0.2, -0.15) is 0 Å². The Labute approximate surface area is 73.9 Å². The SMILES string of the molecule is CC(C)N1[C]NC2C=CC=CC21. The Balaban J connectivity index is 2.13. The summed E-state index contributed by atoms with van der Waals surface area (Å²) < 4.78 is 0. The van der Waals surface area contributed by atoms with Crippen LogP contribution in [0.2, 0.25) is 0 Å². The van der Waals surface area contributed by atoms with Gasteiger partial charge in [0.25, 0.3) is 0 Å². The zero-order valence-corrected chi connectivity index (χ0v) is 7.49. The Morgan fingerprint density at radius 3 is 2.83 bits per heavy atom. The Morgan fingerprint density at radius 1 is 1.33 bits per heavy atom. The minimum Gasteiger partial charge on any atom is -0.285 e. The molecule has 0 aromatic heterocycles. The van der Waals surface area contributed by atoms with E-state index in [1.54, 1.807) is 0 Å². The summed E-state index contributed by atoms with van der Waals surface area (Å²) in [5.41, 5.74) is 0. The summed E-state index contributed by atoms with van der Waals surface area (Å²) in [6, 6.07) is 1.41. The normalized spacial score (nSPS) is 34.6. The van der Waals surface area contributed by atoms with Gasteiger partial charge in [0.1, 0.15) is 6.67 Å². The highest BCUT2D eigenvalue weighted by Crippen LogP contribution is 2.21. The first-order valence-corrected chi connectivity index (χ1v) is 4.43. The summed E-state index contributed by atoms with van der Waals surface area (Å²) in [4.78, 5) is 2.23. The molecule has 2 radical (unpaired) electrons. The number of hydrogen-bond acceptors (Lipinski definition) is 2. The van der Waals surface area contributed by atoms with E-state index in [0.29, 0.717) is 18.1 Å². The first-order chi connectivity index (χ1) is 5.79. The molecule has 1 aliphatic carbocycles. The molecule has 0 amide bonds. The summed E-state index contributed by atoms with van der Waals surface area (Å²) >= 11 is 0. The van der Waals surface area contributed by atoms with Gasteiger partial charge in [0.05, 0.1) is 0 Å². The third kappa shape index (κ3) is 1.21. The maximum absolute atomic E-state index is 3.23. The van der Waals surface area contributed by atoms with Crippen LogP contribution in [-0.2, 0) is 0 Å². The van der Waals surface area contributed by atoms with Crippen molar-refractivity contribution in [1.82, 2.24) is 10.2 Å². The van der Waals surface area contributed by atoms with Crippen molar-refractivity contribution in [2.45, 2.75) is 32.0 Å². The first kappa shape index (κ1) is 8.02. The van der Waals surface area contributed by atoms with E-state index < -0.39 is 0 Å². The Bertz CT molecular complexity index is 218. The van der Waals surface area contributed by atoms with E-state index in [1.165, 1.54) is 0 Å². The van der Waals surface area contributed by atoms with E-state index in [0.717, 1.165) is 0 Å². The van der Waals surface area contributed by atoms with Crippen molar-refractivity contribution in [3.05, 3.63) is 31.0 Å². The van der Waals surface area contributed by atoms with Gasteiger partial charge in [-0.3, -0.25) is 10.2 Å². The Hall–Kier alpha value is -0.600. The lowest BCUT2D eigenvalue weighted by atomic mass is 10.0. The zero-order valence-electron chi connectivity index (χ0n) is 7.49. The highest BCUT2D eigenvalue weighted by Gasteiger charge is 2.33. The Morgan fingerprint density at radius 2 is 2.08 bits per heavy atom. The van der Waals surface area contributed by atoms with Crippen molar-refractivity contribution in [3.8, 4) is 0 Å². The van der Waals surface area contributed by atoms with E-state index in [2.05, 4.69) is 55.0 Å². The van der Waals surface area contributed by atoms with Gasteiger partial charge in [-0.05, 0) is 13.8 Å². The fraction of sp³-hybridized carbons (Fsp3) is 0.500. The van der Waals surface area contributed by atoms with Crippen LogP contribution in [0, 0.1) is 6.67 Å². The number of allylic oxidation sites excluding steroid dienone is 2. The lowest BCUT2D eigenvalue weighted by Crippen LogP contribution is -2.37. The van der Waals surface area contributed by atoms with E-state index in [1.807, 2.05) is 0 Å². The molecule has 2 heteroatoms. The van der Waals surface area contributed by atoms with Crippen LogP contribution >= 0.6 is 0 Å². The van der Waals surface area contributed by atoms with Crippen molar-refractivity contribution in [2.24, 2.45) is 0 Å². The Kier molecular flexibility index (Phi) is 2.03. The van der Waals surface area contributed by atoms with Crippen LogP contribution in [0.15, 0.2) is 24.3 Å². The summed E-state index contributed by atoms with van der Waals surface area (Å²) in [6.45, 7) is 7.55. The van der Waals surface area contributed by atoms with E-state index in [-0.39, 0.29) is 0 Å². The molecule has 0 saturated carbocycles. The van der Waals surface area contributed by atoms with E-state index in [4.69, 9.17) is 0 Å². The number of rotatable bonds is 1. The maximum atomic E-state index is 3.23. The van der Waals surface area contributed by atoms with Gasteiger partial charge in [0.2, 0.25) is 0 Å². The zero-order chi connectivity index (χ0) is 8.55. The maximum Gasteiger partial charge on any atom is 0.144 e. The average Bonchev–Trinajstić information content (AvgIpc) is 2.47. The second-order valence-electron chi connectivity index (χ2n) is 3.54. The fourth-order valence-electron chi connectivity index (χ4n) is 1.69. The van der Waals surface area contributed by atoms with Gasteiger partial charge in [-0.15, -0.1) is 0 Å².